The van der Waals surface area contributed by atoms with Crippen molar-refractivity contribution in [2.75, 3.05) is 0 Å². The van der Waals surface area contributed by atoms with Crippen LogP contribution in [0.5, 0.6) is 0 Å². The highest BCUT2D eigenvalue weighted by atomic mass is 16.3. The lowest BCUT2D eigenvalue weighted by Crippen LogP contribution is -2.35. The van der Waals surface area contributed by atoms with Crippen LogP contribution in [0.1, 0.15) is 45.3 Å². The molecule has 1 fully saturated rings. The summed E-state index contributed by atoms with van der Waals surface area (Å²) in [6, 6.07) is 5.27. The van der Waals surface area contributed by atoms with Gasteiger partial charge in [0.05, 0.1) is 6.26 Å². The molecule has 0 radical (unpaired) electrons. The van der Waals surface area contributed by atoms with Gasteiger partial charge in [-0.3, -0.25) is 0 Å². The maximum Gasteiger partial charge on any atom is 0.103 e. The number of hydrogen-bond donors (Lipinski definition) is 1. The zero-order chi connectivity index (χ0) is 11.4. The summed E-state index contributed by atoms with van der Waals surface area (Å²) < 4.78 is 5.34. The average Bonchev–Trinajstić information content (AvgIpc) is 2.89. The maximum atomic E-state index is 5.34. The number of hydrogen-bond acceptors (Lipinski definition) is 2. The fourth-order valence-corrected chi connectivity index (χ4v) is 2.30. The van der Waals surface area contributed by atoms with Crippen LogP contribution in [-0.4, -0.2) is 12.1 Å². The molecule has 1 saturated carbocycles. The summed E-state index contributed by atoms with van der Waals surface area (Å²) >= 11 is 0. The molecule has 1 heterocycles. The highest BCUT2D eigenvalue weighted by Crippen LogP contribution is 2.33. The second-order valence-electron chi connectivity index (χ2n) is 5.27. The van der Waals surface area contributed by atoms with E-state index in [1.54, 1.807) is 6.26 Å². The molecule has 1 aromatic rings. The highest BCUT2D eigenvalue weighted by Gasteiger charge is 2.23. The Kier molecular flexibility index (Phi) is 4.05. The Morgan fingerprint density at radius 1 is 1.38 bits per heavy atom. The van der Waals surface area contributed by atoms with Gasteiger partial charge in [0.2, 0.25) is 0 Å². The molecule has 1 aromatic heterocycles. The van der Waals surface area contributed by atoms with E-state index >= 15 is 0 Å². The minimum Gasteiger partial charge on any atom is -0.469 e. The van der Waals surface area contributed by atoms with Crippen LogP contribution in [0.3, 0.4) is 0 Å². The van der Waals surface area contributed by atoms with Gasteiger partial charge in [-0.15, -0.1) is 0 Å². The fourth-order valence-electron chi connectivity index (χ4n) is 2.30. The summed E-state index contributed by atoms with van der Waals surface area (Å²) in [5, 5.41) is 3.67. The molecule has 1 aliphatic carbocycles. The van der Waals surface area contributed by atoms with Gasteiger partial charge in [0.1, 0.15) is 5.76 Å². The first-order valence-corrected chi connectivity index (χ1v) is 6.52. The van der Waals surface area contributed by atoms with Crippen LogP contribution in [0.4, 0.5) is 0 Å². The lowest BCUT2D eigenvalue weighted by molar-refractivity contribution is 0.402. The van der Waals surface area contributed by atoms with E-state index in [0.29, 0.717) is 12.1 Å². The molecule has 0 aromatic carbocycles. The lowest BCUT2D eigenvalue weighted by atomic mass is 10.1. The molecule has 16 heavy (non-hydrogen) atoms. The van der Waals surface area contributed by atoms with E-state index < -0.39 is 0 Å². The van der Waals surface area contributed by atoms with Crippen LogP contribution in [-0.2, 0) is 6.42 Å². The Labute approximate surface area is 98.4 Å². The summed E-state index contributed by atoms with van der Waals surface area (Å²) in [5.41, 5.74) is 0. The molecule has 2 unspecified atom stereocenters. The van der Waals surface area contributed by atoms with Gasteiger partial charge >= 0.3 is 0 Å². The Hall–Kier alpha value is -0.760. The van der Waals surface area contributed by atoms with Crippen molar-refractivity contribution in [3.8, 4) is 0 Å². The van der Waals surface area contributed by atoms with E-state index in [1.807, 2.05) is 6.07 Å². The summed E-state index contributed by atoms with van der Waals surface area (Å²) in [6.07, 6.45) is 8.20. The minimum atomic E-state index is 0.582. The second kappa shape index (κ2) is 5.53. The van der Waals surface area contributed by atoms with E-state index in [9.17, 15) is 0 Å². The number of rotatable bonds is 7. The molecule has 0 bridgehead atoms. The normalized spacial score (nSPS) is 19.6. The molecule has 1 aliphatic rings. The van der Waals surface area contributed by atoms with E-state index in [1.165, 1.54) is 19.3 Å². The number of aryl methyl sites for hydroxylation is 1. The van der Waals surface area contributed by atoms with Crippen molar-refractivity contribution in [2.24, 2.45) is 5.92 Å². The Morgan fingerprint density at radius 2 is 2.19 bits per heavy atom. The average molecular weight is 221 g/mol. The van der Waals surface area contributed by atoms with Gasteiger partial charge < -0.3 is 9.73 Å². The topological polar surface area (TPSA) is 25.2 Å². The van der Waals surface area contributed by atoms with Crippen LogP contribution in [0.25, 0.3) is 0 Å². The molecule has 2 heteroatoms. The predicted molar refractivity (Wildman–Crippen MR) is 66.4 cm³/mol. The number of furan rings is 1. The molecule has 2 nitrogen and oxygen atoms in total. The molecule has 0 spiro atoms. The molecule has 2 atom stereocenters. The van der Waals surface area contributed by atoms with Gasteiger partial charge in [0.25, 0.3) is 0 Å². The van der Waals surface area contributed by atoms with E-state index in [2.05, 4.69) is 25.2 Å². The molecule has 0 aliphatic heterocycles. The van der Waals surface area contributed by atoms with Gasteiger partial charge in [-0.1, -0.05) is 12.8 Å². The largest absolute Gasteiger partial charge is 0.469 e. The lowest BCUT2D eigenvalue weighted by Gasteiger charge is -2.19. The van der Waals surface area contributed by atoms with Gasteiger partial charge in [-0.25, -0.2) is 0 Å². The molecule has 2 rings (SSSR count). The zero-order valence-electron chi connectivity index (χ0n) is 10.4. The summed E-state index contributed by atoms with van der Waals surface area (Å²) in [5.74, 6) is 2.11. The van der Waals surface area contributed by atoms with Gasteiger partial charge in [-0.2, -0.15) is 0 Å². The van der Waals surface area contributed by atoms with Crippen LogP contribution in [0.15, 0.2) is 22.8 Å². The molecule has 1 N–H and O–H groups in total. The Balaban J connectivity index is 1.61. The SMILES string of the molecule is CC(CCc1ccco1)NC(C)CC1CC1. The molecule has 90 valence electrons. The van der Waals surface area contributed by atoms with Crippen LogP contribution in [0.2, 0.25) is 0 Å². The third-order valence-corrected chi connectivity index (χ3v) is 3.36. The van der Waals surface area contributed by atoms with Gasteiger partial charge in [0, 0.05) is 18.5 Å². The van der Waals surface area contributed by atoms with Crippen molar-refractivity contribution >= 4 is 0 Å². The Bertz CT molecular complexity index is 290. The first-order chi connectivity index (χ1) is 7.74. The van der Waals surface area contributed by atoms with E-state index in [0.717, 1.165) is 24.5 Å². The second-order valence-corrected chi connectivity index (χ2v) is 5.27. The van der Waals surface area contributed by atoms with Crippen molar-refractivity contribution in [1.82, 2.24) is 5.32 Å². The van der Waals surface area contributed by atoms with Crippen molar-refractivity contribution in [1.29, 1.82) is 0 Å². The third kappa shape index (κ3) is 4.01. The van der Waals surface area contributed by atoms with Crippen molar-refractivity contribution in [2.45, 2.75) is 58.0 Å². The van der Waals surface area contributed by atoms with Crippen molar-refractivity contribution < 1.29 is 4.42 Å². The fraction of sp³-hybridized carbons (Fsp3) is 0.714. The predicted octanol–water partition coefficient (Wildman–Crippen LogP) is 3.38. The van der Waals surface area contributed by atoms with E-state index in [4.69, 9.17) is 4.42 Å². The van der Waals surface area contributed by atoms with Crippen molar-refractivity contribution in [3.63, 3.8) is 0 Å². The summed E-state index contributed by atoms with van der Waals surface area (Å²) in [6.45, 7) is 4.58. The first kappa shape index (κ1) is 11.7. The Morgan fingerprint density at radius 3 is 2.81 bits per heavy atom. The smallest absolute Gasteiger partial charge is 0.103 e. The number of nitrogens with one attached hydrogen (secondary N) is 1. The van der Waals surface area contributed by atoms with Crippen LogP contribution < -0.4 is 5.32 Å². The summed E-state index contributed by atoms with van der Waals surface area (Å²) in [4.78, 5) is 0. The highest BCUT2D eigenvalue weighted by molar-refractivity contribution is 4.98. The summed E-state index contributed by atoms with van der Waals surface area (Å²) in [7, 11) is 0. The minimum absolute atomic E-state index is 0.582. The quantitative estimate of drug-likeness (QED) is 0.763. The van der Waals surface area contributed by atoms with Crippen LogP contribution >= 0.6 is 0 Å². The maximum absolute atomic E-state index is 5.34. The van der Waals surface area contributed by atoms with Crippen LogP contribution in [0, 0.1) is 5.92 Å². The monoisotopic (exact) mass is 221 g/mol. The molecule has 0 amide bonds. The van der Waals surface area contributed by atoms with Gasteiger partial charge in [-0.05, 0) is 44.7 Å². The molecular formula is C14H23NO. The zero-order valence-corrected chi connectivity index (χ0v) is 10.4. The molecule has 0 saturated heterocycles. The van der Waals surface area contributed by atoms with Crippen molar-refractivity contribution in [3.05, 3.63) is 24.2 Å². The standard InChI is InChI=1S/C14H23NO/c1-11(5-8-14-4-3-9-16-14)15-12(2)10-13-6-7-13/h3-4,9,11-13,15H,5-8,10H2,1-2H3. The molecular weight excluding hydrogens is 198 g/mol. The first-order valence-electron chi connectivity index (χ1n) is 6.52. The third-order valence-electron chi connectivity index (χ3n) is 3.36. The van der Waals surface area contributed by atoms with Gasteiger partial charge in [0.15, 0.2) is 0 Å². The van der Waals surface area contributed by atoms with E-state index in [-0.39, 0.29) is 0 Å².